The Hall–Kier alpha value is -3.91. The third-order valence-corrected chi connectivity index (χ3v) is 7.53. The maximum Gasteiger partial charge on any atom is 0.264 e. The molecule has 0 spiro atoms. The van der Waals surface area contributed by atoms with E-state index in [9.17, 15) is 8.42 Å². The highest BCUT2D eigenvalue weighted by Crippen LogP contribution is 2.35. The summed E-state index contributed by atoms with van der Waals surface area (Å²) in [5.74, 6) is 1.36. The summed E-state index contributed by atoms with van der Waals surface area (Å²) in [5.41, 5.74) is 5.26. The van der Waals surface area contributed by atoms with Crippen LogP contribution >= 0.6 is 0 Å². The zero-order valence-electron chi connectivity index (χ0n) is 21.2. The lowest BCUT2D eigenvalue weighted by atomic mass is 9.94. The molecule has 8 heteroatoms. The van der Waals surface area contributed by atoms with Crippen LogP contribution in [0.3, 0.4) is 0 Å². The van der Waals surface area contributed by atoms with E-state index >= 15 is 0 Å². The molecule has 4 aromatic rings. The fraction of sp³-hybridized carbons (Fsp3) is 0.241. The summed E-state index contributed by atoms with van der Waals surface area (Å²) in [6, 6.07) is 22.6. The number of benzene rings is 3. The quantitative estimate of drug-likeness (QED) is 0.326. The predicted octanol–water partition coefficient (Wildman–Crippen LogP) is 6.42. The highest BCUT2D eigenvalue weighted by molar-refractivity contribution is 7.92. The van der Waals surface area contributed by atoms with Crippen molar-refractivity contribution in [3.05, 3.63) is 89.5 Å². The zero-order chi connectivity index (χ0) is 26.0. The molecule has 3 aromatic carbocycles. The number of rotatable bonds is 4. The van der Waals surface area contributed by atoms with E-state index in [1.807, 2.05) is 55.5 Å². The maximum absolute atomic E-state index is 13.4. The Balaban J connectivity index is 1.74. The van der Waals surface area contributed by atoms with Crippen molar-refractivity contribution < 1.29 is 13.2 Å². The molecule has 0 amide bonds. The summed E-state index contributed by atoms with van der Waals surface area (Å²) in [6.07, 6.45) is 1.47. The molecule has 0 saturated heterocycles. The molecule has 37 heavy (non-hydrogen) atoms. The van der Waals surface area contributed by atoms with Gasteiger partial charge in [-0.05, 0) is 60.2 Å². The molecule has 5 rings (SSSR count). The molecule has 6 bridgehead atoms. The van der Waals surface area contributed by atoms with Crippen molar-refractivity contribution in [2.24, 2.45) is 5.92 Å². The van der Waals surface area contributed by atoms with E-state index in [-0.39, 0.29) is 10.8 Å². The summed E-state index contributed by atoms with van der Waals surface area (Å²) in [4.78, 5) is 9.43. The molecule has 0 unspecified atom stereocenters. The summed E-state index contributed by atoms with van der Waals surface area (Å²) in [6.45, 7) is 6.88. The average Bonchev–Trinajstić information content (AvgIpc) is 2.87. The van der Waals surface area contributed by atoms with Crippen molar-refractivity contribution in [1.29, 1.82) is 0 Å². The third-order valence-electron chi connectivity index (χ3n) is 6.20. The number of hydrogen-bond donors (Lipinski definition) is 2. The molecule has 1 aliphatic heterocycles. The fourth-order valence-corrected chi connectivity index (χ4v) is 5.48. The number of nitrogens with zero attached hydrogens (tertiary/aromatic N) is 2. The lowest BCUT2D eigenvalue weighted by Crippen LogP contribution is -2.17. The van der Waals surface area contributed by atoms with Crippen LogP contribution in [-0.2, 0) is 29.4 Å². The van der Waals surface area contributed by atoms with Gasteiger partial charge in [-0.3, -0.25) is 0 Å². The van der Waals surface area contributed by atoms with Gasteiger partial charge in [-0.25, -0.2) is 18.1 Å². The number of fused-ring (bicyclic) bond motifs is 6. The van der Waals surface area contributed by atoms with Crippen LogP contribution in [0.25, 0.3) is 11.3 Å². The number of hydrogen-bond acceptors (Lipinski definition) is 6. The number of ether oxygens (including phenoxy) is 1. The smallest absolute Gasteiger partial charge is 0.264 e. The van der Waals surface area contributed by atoms with Crippen LogP contribution in [-0.4, -0.2) is 18.4 Å². The normalized spacial score (nSPS) is 14.2. The highest BCUT2D eigenvalue weighted by Gasteiger charge is 2.23. The monoisotopic (exact) mass is 514 g/mol. The van der Waals surface area contributed by atoms with Crippen LogP contribution in [0.15, 0.2) is 77.7 Å². The van der Waals surface area contributed by atoms with Crippen LogP contribution in [0.5, 0.6) is 11.6 Å². The van der Waals surface area contributed by atoms with Gasteiger partial charge < -0.3 is 10.1 Å². The van der Waals surface area contributed by atoms with Crippen molar-refractivity contribution in [1.82, 2.24) is 9.97 Å². The minimum absolute atomic E-state index is 0.0341. The molecule has 1 aliphatic rings. The van der Waals surface area contributed by atoms with Crippen LogP contribution in [0.2, 0.25) is 0 Å². The van der Waals surface area contributed by atoms with Gasteiger partial charge in [0.2, 0.25) is 11.8 Å². The number of nitrogens with one attached hydrogen (secondary N) is 2. The summed E-state index contributed by atoms with van der Waals surface area (Å²) in [5, 5.41) is 3.29. The molecule has 0 fully saturated rings. The minimum Gasteiger partial charge on any atom is -0.439 e. The topological polar surface area (TPSA) is 93.2 Å². The molecule has 0 saturated carbocycles. The van der Waals surface area contributed by atoms with Crippen molar-refractivity contribution >= 4 is 21.7 Å². The predicted molar refractivity (Wildman–Crippen MR) is 146 cm³/mol. The first-order valence-corrected chi connectivity index (χ1v) is 13.9. The zero-order valence-corrected chi connectivity index (χ0v) is 22.0. The molecule has 0 radical (unpaired) electrons. The molecule has 190 valence electrons. The molecule has 2 N–H and O–H groups in total. The Morgan fingerprint density at radius 1 is 0.973 bits per heavy atom. The van der Waals surface area contributed by atoms with E-state index in [4.69, 9.17) is 9.72 Å². The van der Waals surface area contributed by atoms with Crippen molar-refractivity contribution in [3.63, 3.8) is 0 Å². The SMILES string of the molecule is CCc1c2nc(nc1-c1ccccc1CC(C)C)NS(=O)(=O)c1cccc(c1)NCc1cccc(c1)O2. The molecular weight excluding hydrogens is 484 g/mol. The van der Waals surface area contributed by atoms with Gasteiger partial charge in [-0.15, -0.1) is 0 Å². The fourth-order valence-electron chi connectivity index (χ4n) is 4.49. The first-order valence-electron chi connectivity index (χ1n) is 12.4. The van der Waals surface area contributed by atoms with Gasteiger partial charge in [0.1, 0.15) is 5.75 Å². The summed E-state index contributed by atoms with van der Waals surface area (Å²) in [7, 11) is -3.95. The van der Waals surface area contributed by atoms with Crippen molar-refractivity contribution in [2.45, 2.75) is 45.1 Å². The first kappa shape index (κ1) is 24.8. The second-order valence-electron chi connectivity index (χ2n) is 9.52. The molecule has 7 nitrogen and oxygen atoms in total. The highest BCUT2D eigenvalue weighted by atomic mass is 32.2. The molecular formula is C29H30N4O3S. The second kappa shape index (κ2) is 10.2. The Bertz CT molecular complexity index is 1550. The minimum atomic E-state index is -3.95. The van der Waals surface area contributed by atoms with Crippen LogP contribution in [0.4, 0.5) is 11.6 Å². The van der Waals surface area contributed by atoms with E-state index in [0.717, 1.165) is 28.7 Å². The van der Waals surface area contributed by atoms with Crippen molar-refractivity contribution in [3.8, 4) is 22.9 Å². The summed E-state index contributed by atoms with van der Waals surface area (Å²) >= 11 is 0. The third kappa shape index (κ3) is 5.44. The van der Waals surface area contributed by atoms with Gasteiger partial charge in [0.05, 0.1) is 10.6 Å². The molecule has 0 atom stereocenters. The van der Waals surface area contributed by atoms with Gasteiger partial charge in [-0.1, -0.05) is 63.2 Å². The Morgan fingerprint density at radius 3 is 2.59 bits per heavy atom. The summed E-state index contributed by atoms with van der Waals surface area (Å²) < 4.78 is 35.6. The maximum atomic E-state index is 13.4. The van der Waals surface area contributed by atoms with Gasteiger partial charge in [0, 0.05) is 23.4 Å². The first-order chi connectivity index (χ1) is 17.8. The van der Waals surface area contributed by atoms with Crippen molar-refractivity contribution in [2.75, 3.05) is 10.0 Å². The van der Waals surface area contributed by atoms with Gasteiger partial charge in [0.25, 0.3) is 10.0 Å². The van der Waals surface area contributed by atoms with Gasteiger partial charge in [0.15, 0.2) is 0 Å². The number of anilines is 2. The van der Waals surface area contributed by atoms with E-state index in [2.05, 4.69) is 34.9 Å². The number of aromatic nitrogens is 2. The standard InChI is InChI=1S/C29H30N4O3S/c1-4-25-27(26-14-6-5-10-21(26)15-19(2)3)31-29-32-28(25)36-23-12-7-9-20(16-23)18-30-22-11-8-13-24(17-22)37(34,35)33-29/h5-14,16-17,19,30H,4,15,18H2,1-3H3,(H,31,32,33). The molecule has 0 aliphatic carbocycles. The van der Waals surface area contributed by atoms with E-state index in [1.54, 1.807) is 18.2 Å². The van der Waals surface area contributed by atoms with Gasteiger partial charge >= 0.3 is 0 Å². The lowest BCUT2D eigenvalue weighted by molar-refractivity contribution is 0.456. The molecule has 1 aromatic heterocycles. The van der Waals surface area contributed by atoms with E-state index < -0.39 is 10.0 Å². The molecule has 2 heterocycles. The Labute approximate surface area is 218 Å². The Kier molecular flexibility index (Phi) is 6.84. The second-order valence-corrected chi connectivity index (χ2v) is 11.2. The number of sulfonamides is 1. The average molecular weight is 515 g/mol. The van der Waals surface area contributed by atoms with E-state index in [0.29, 0.717) is 41.9 Å². The van der Waals surface area contributed by atoms with Crippen LogP contribution in [0.1, 0.15) is 37.5 Å². The Morgan fingerprint density at radius 2 is 1.78 bits per heavy atom. The van der Waals surface area contributed by atoms with Gasteiger partial charge in [-0.2, -0.15) is 4.98 Å². The van der Waals surface area contributed by atoms with Crippen LogP contribution in [0, 0.1) is 5.92 Å². The van der Waals surface area contributed by atoms with Crippen LogP contribution < -0.4 is 14.8 Å². The largest absolute Gasteiger partial charge is 0.439 e. The van der Waals surface area contributed by atoms with E-state index in [1.165, 1.54) is 0 Å². The lowest BCUT2D eigenvalue weighted by Gasteiger charge is -2.19.